The molecule has 4 aromatic rings. The maximum absolute atomic E-state index is 13.5. The number of hydrogen-bond acceptors (Lipinski definition) is 7. The summed E-state index contributed by atoms with van der Waals surface area (Å²) in [6.45, 7) is -0.0151. The minimum Gasteiger partial charge on any atom is -0.340 e. The van der Waals surface area contributed by atoms with Crippen molar-refractivity contribution in [3.63, 3.8) is 0 Å². The number of hydrogen-bond donors (Lipinski definition) is 2. The molecule has 0 radical (unpaired) electrons. The molecule has 3 heterocycles. The van der Waals surface area contributed by atoms with Gasteiger partial charge in [0.2, 0.25) is 0 Å². The van der Waals surface area contributed by atoms with Crippen LogP contribution in [0, 0.1) is 0 Å². The highest BCUT2D eigenvalue weighted by Gasteiger charge is 2.34. The number of nitrogens with zero attached hydrogens (tertiary/aromatic N) is 4. The van der Waals surface area contributed by atoms with Crippen molar-refractivity contribution in [2.45, 2.75) is 25.2 Å². The summed E-state index contributed by atoms with van der Waals surface area (Å²) < 4.78 is 81.7. The number of pyridine rings is 1. The van der Waals surface area contributed by atoms with Crippen molar-refractivity contribution in [2.75, 3.05) is 18.4 Å². The van der Waals surface area contributed by atoms with Gasteiger partial charge in [0.05, 0.1) is 16.8 Å². The molecule has 0 saturated carbocycles. The Balaban J connectivity index is 1.32. The first kappa shape index (κ1) is 27.4. The lowest BCUT2D eigenvalue weighted by Crippen LogP contribution is -2.47. The fourth-order valence-electron chi connectivity index (χ4n) is 4.31. The van der Waals surface area contributed by atoms with Gasteiger partial charge in [-0.3, -0.25) is 9.78 Å². The third kappa shape index (κ3) is 5.87. The molecular formula is C26H22F4N6O3S. The first-order chi connectivity index (χ1) is 19.0. The van der Waals surface area contributed by atoms with Gasteiger partial charge in [-0.2, -0.15) is 25.9 Å². The summed E-state index contributed by atoms with van der Waals surface area (Å²) in [4.78, 5) is 24.9. The fourth-order valence-corrected chi connectivity index (χ4v) is 5.49. The Kier molecular flexibility index (Phi) is 7.38. The van der Waals surface area contributed by atoms with Crippen molar-refractivity contribution in [3.8, 4) is 11.3 Å². The molecule has 0 bridgehead atoms. The number of rotatable bonds is 6. The molecule has 0 aliphatic carbocycles. The zero-order chi connectivity index (χ0) is 28.5. The molecule has 14 heteroatoms. The monoisotopic (exact) mass is 574 g/mol. The molecule has 9 nitrogen and oxygen atoms in total. The van der Waals surface area contributed by atoms with Crippen LogP contribution < -0.4 is 10.0 Å². The number of anilines is 2. The van der Waals surface area contributed by atoms with E-state index in [1.54, 1.807) is 18.2 Å². The minimum atomic E-state index is -4.57. The molecule has 1 fully saturated rings. The lowest BCUT2D eigenvalue weighted by atomic mass is 10.0. The van der Waals surface area contributed by atoms with Crippen molar-refractivity contribution in [1.29, 1.82) is 0 Å². The smallest absolute Gasteiger partial charge is 0.340 e. The van der Waals surface area contributed by atoms with Crippen LogP contribution in [0.2, 0.25) is 0 Å². The summed E-state index contributed by atoms with van der Waals surface area (Å²) in [6.07, 6.45) is -2.93. The van der Waals surface area contributed by atoms with E-state index < -0.39 is 34.0 Å². The van der Waals surface area contributed by atoms with Crippen molar-refractivity contribution in [2.24, 2.45) is 0 Å². The average molecular weight is 575 g/mol. The zero-order valence-electron chi connectivity index (χ0n) is 20.7. The topological polar surface area (TPSA) is 117 Å². The summed E-state index contributed by atoms with van der Waals surface area (Å²) in [5, 5.41) is 3.60. The highest BCUT2D eigenvalue weighted by molar-refractivity contribution is 7.87. The second kappa shape index (κ2) is 10.8. The van der Waals surface area contributed by atoms with E-state index >= 15 is 0 Å². The average Bonchev–Trinajstić information content (AvgIpc) is 2.93. The van der Waals surface area contributed by atoms with Crippen molar-refractivity contribution >= 4 is 38.5 Å². The Hall–Kier alpha value is -4.17. The molecule has 208 valence electrons. The lowest BCUT2D eigenvalue weighted by Gasteiger charge is -2.27. The van der Waals surface area contributed by atoms with E-state index in [2.05, 4.69) is 20.3 Å². The molecule has 2 N–H and O–H groups in total. The summed E-state index contributed by atoms with van der Waals surface area (Å²) >= 11 is 0. The predicted molar refractivity (Wildman–Crippen MR) is 140 cm³/mol. The second-order valence-corrected chi connectivity index (χ2v) is 10.7. The molecule has 1 aliphatic heterocycles. The molecular weight excluding hydrogens is 552 g/mol. The maximum Gasteiger partial charge on any atom is 0.418 e. The number of nitrogens with one attached hydrogen (secondary N) is 2. The molecule has 1 amide bonds. The molecule has 1 aliphatic rings. The number of aromatic nitrogens is 3. The van der Waals surface area contributed by atoms with Crippen LogP contribution in [0.4, 0.5) is 29.1 Å². The number of alkyl halides is 4. The van der Waals surface area contributed by atoms with Gasteiger partial charge in [0.15, 0.2) is 0 Å². The molecule has 0 unspecified atom stereocenters. The highest BCUT2D eigenvalue weighted by atomic mass is 32.2. The SMILES string of the molecule is O=C(NS(=O)(=O)N1CCC(F)CC1)c1ccc(Nc2ncnc3cc(-c4ncccc4C(F)(F)F)ccc23)cc1. The number of amides is 1. The van der Waals surface area contributed by atoms with E-state index in [1.807, 2.05) is 4.72 Å². The van der Waals surface area contributed by atoms with Crippen molar-refractivity contribution in [3.05, 3.63) is 78.2 Å². The summed E-state index contributed by atoms with van der Waals surface area (Å²) in [5.41, 5.74) is 0.146. The highest BCUT2D eigenvalue weighted by Crippen LogP contribution is 2.36. The van der Waals surface area contributed by atoms with Crippen LogP contribution in [-0.4, -0.2) is 52.8 Å². The second-order valence-electron chi connectivity index (χ2n) is 9.06. The molecule has 0 atom stereocenters. The van der Waals surface area contributed by atoms with Gasteiger partial charge in [-0.15, -0.1) is 0 Å². The number of benzene rings is 2. The molecule has 5 rings (SSSR count). The van der Waals surface area contributed by atoms with E-state index in [-0.39, 0.29) is 42.8 Å². The van der Waals surface area contributed by atoms with Crippen LogP contribution in [0.5, 0.6) is 0 Å². The molecule has 2 aromatic heterocycles. The summed E-state index contributed by atoms with van der Waals surface area (Å²) in [7, 11) is -4.10. The third-order valence-corrected chi connectivity index (χ3v) is 7.87. The zero-order valence-corrected chi connectivity index (χ0v) is 21.5. The van der Waals surface area contributed by atoms with Gasteiger partial charge in [0.25, 0.3) is 5.91 Å². The van der Waals surface area contributed by atoms with Crippen LogP contribution >= 0.6 is 0 Å². The standard InChI is InChI=1S/C26H22F4N6O3S/c27-18-9-12-36(13-10-18)40(38,39)35-25(37)16-3-6-19(7-4-16)34-24-20-8-5-17(14-22(20)32-15-33-24)23-21(26(28,29)30)2-1-11-31-23/h1-8,11,14-15,18H,9-10,12-13H2,(H,35,37)(H,32,33,34). The lowest BCUT2D eigenvalue weighted by molar-refractivity contribution is -0.137. The normalized spacial score (nSPS) is 15.2. The Morgan fingerprint density at radius 3 is 2.40 bits per heavy atom. The van der Waals surface area contributed by atoms with E-state index in [0.29, 0.717) is 22.4 Å². The van der Waals surface area contributed by atoms with Gasteiger partial charge in [-0.05, 0) is 61.4 Å². The summed E-state index contributed by atoms with van der Waals surface area (Å²) in [5.74, 6) is -0.466. The van der Waals surface area contributed by atoms with Gasteiger partial charge in [-0.1, -0.05) is 6.07 Å². The molecule has 40 heavy (non-hydrogen) atoms. The summed E-state index contributed by atoms with van der Waals surface area (Å²) in [6, 6.07) is 12.7. The number of carbonyl (C=O) groups is 1. The van der Waals surface area contributed by atoms with Crippen LogP contribution in [0.15, 0.2) is 67.1 Å². The van der Waals surface area contributed by atoms with Crippen molar-refractivity contribution in [1.82, 2.24) is 24.0 Å². The number of carbonyl (C=O) groups excluding carboxylic acids is 1. The van der Waals surface area contributed by atoms with E-state index in [0.717, 1.165) is 10.4 Å². The number of halogens is 4. The number of piperidine rings is 1. The van der Waals surface area contributed by atoms with Gasteiger partial charge in [-0.25, -0.2) is 19.1 Å². The van der Waals surface area contributed by atoms with E-state index in [1.165, 1.54) is 42.9 Å². The van der Waals surface area contributed by atoms with Crippen LogP contribution in [0.25, 0.3) is 22.2 Å². The van der Waals surface area contributed by atoms with E-state index in [9.17, 15) is 30.8 Å². The van der Waals surface area contributed by atoms with Gasteiger partial charge >= 0.3 is 16.4 Å². The fraction of sp³-hybridized carbons (Fsp3) is 0.231. The number of fused-ring (bicyclic) bond motifs is 1. The molecule has 2 aromatic carbocycles. The van der Waals surface area contributed by atoms with Gasteiger partial charge < -0.3 is 5.32 Å². The third-order valence-electron chi connectivity index (χ3n) is 6.38. The Morgan fingerprint density at radius 1 is 0.975 bits per heavy atom. The maximum atomic E-state index is 13.5. The Bertz CT molecular complexity index is 1660. The first-order valence-electron chi connectivity index (χ1n) is 12.1. The Labute approximate surface area is 226 Å². The largest absolute Gasteiger partial charge is 0.418 e. The Morgan fingerprint density at radius 2 is 1.70 bits per heavy atom. The first-order valence-corrected chi connectivity index (χ1v) is 13.6. The van der Waals surface area contributed by atoms with Crippen LogP contribution in [0.1, 0.15) is 28.8 Å². The quantitative estimate of drug-likeness (QED) is 0.316. The predicted octanol–water partition coefficient (Wildman–Crippen LogP) is 4.86. The van der Waals surface area contributed by atoms with Crippen LogP contribution in [-0.2, 0) is 16.4 Å². The van der Waals surface area contributed by atoms with Crippen LogP contribution in [0.3, 0.4) is 0 Å². The molecule has 0 spiro atoms. The molecule has 1 saturated heterocycles. The minimum absolute atomic E-state index is 0.00757. The van der Waals surface area contributed by atoms with Crippen molar-refractivity contribution < 1.29 is 30.8 Å². The van der Waals surface area contributed by atoms with Gasteiger partial charge in [0, 0.05) is 41.5 Å². The van der Waals surface area contributed by atoms with Gasteiger partial charge in [0.1, 0.15) is 18.3 Å². The van der Waals surface area contributed by atoms with E-state index in [4.69, 9.17) is 0 Å².